The lowest BCUT2D eigenvalue weighted by atomic mass is 9.73. The summed E-state index contributed by atoms with van der Waals surface area (Å²) in [7, 11) is 3.70. The fourth-order valence-electron chi connectivity index (χ4n) is 7.93. The van der Waals surface area contributed by atoms with Gasteiger partial charge in [0.05, 0.1) is 42.1 Å². The normalized spacial score (nSPS) is 39.4. The summed E-state index contributed by atoms with van der Waals surface area (Å²) in [6.45, 7) is 15.1. The van der Waals surface area contributed by atoms with E-state index in [1.807, 2.05) is 63.2 Å². The second-order valence-corrected chi connectivity index (χ2v) is 16.0. The lowest BCUT2D eigenvalue weighted by Crippen LogP contribution is -2.60. The fourth-order valence-corrected chi connectivity index (χ4v) is 7.93. The third-order valence-electron chi connectivity index (χ3n) is 10.9. The predicted molar refractivity (Wildman–Crippen MR) is 202 cm³/mol. The maximum Gasteiger partial charge on any atom is 0.312 e. The molecule has 0 amide bonds. The van der Waals surface area contributed by atoms with Crippen LogP contribution in [0, 0.1) is 23.7 Å². The maximum absolute atomic E-state index is 13.8. The van der Waals surface area contributed by atoms with Crippen LogP contribution in [-0.4, -0.2) is 130 Å². The molecule has 1 unspecified atom stereocenters. The summed E-state index contributed by atoms with van der Waals surface area (Å²) in [6, 6.07) is 9.06. The van der Waals surface area contributed by atoms with Gasteiger partial charge >= 0.3 is 11.9 Å². The molecular weight excluding hydrogens is 700 g/mol. The average molecular weight is 767 g/mol. The van der Waals surface area contributed by atoms with E-state index in [2.05, 4.69) is 5.16 Å². The zero-order valence-electron chi connectivity index (χ0n) is 34.0. The van der Waals surface area contributed by atoms with Crippen LogP contribution in [-0.2, 0) is 33.4 Å². The number of para-hydroxylation sites is 1. The van der Waals surface area contributed by atoms with E-state index in [1.54, 1.807) is 27.7 Å². The summed E-state index contributed by atoms with van der Waals surface area (Å²) < 4.78 is 30.1. The number of benzene rings is 1. The molecular formula is C40H66N2O12. The van der Waals surface area contributed by atoms with E-state index in [1.165, 1.54) is 20.8 Å². The third-order valence-corrected chi connectivity index (χ3v) is 10.9. The van der Waals surface area contributed by atoms with Crippen LogP contribution in [0.4, 0.5) is 0 Å². The lowest BCUT2D eigenvalue weighted by molar-refractivity contribution is -0.299. The molecule has 14 nitrogen and oxygen atoms in total. The van der Waals surface area contributed by atoms with Gasteiger partial charge in [-0.1, -0.05) is 51.0 Å². The van der Waals surface area contributed by atoms with Crippen LogP contribution in [0.1, 0.15) is 88.0 Å². The SMILES string of the molecule is CC[C@@H]1OC(=O)[C@H](C)[C@@H](OC(C)=O)[C@H](C)[C@@H](O[C@@H]2O[C@H](C)C[C@H](N(C)C)[C@H]2O)C(C)(O)C[C@@H](C)/C(=N\OCCCOc2ccccc2)[C@@H](C)[C@@H](O)[C@]1(C)O. The highest BCUT2D eigenvalue weighted by Gasteiger charge is 2.52. The molecule has 1 aromatic carbocycles. The van der Waals surface area contributed by atoms with Crippen molar-refractivity contribution in [2.24, 2.45) is 28.8 Å². The van der Waals surface area contributed by atoms with E-state index < -0.39 is 83.6 Å². The number of aliphatic hydroxyl groups is 4. The summed E-state index contributed by atoms with van der Waals surface area (Å²) in [5, 5.41) is 52.0. The Labute approximate surface area is 321 Å². The first-order valence-electron chi connectivity index (χ1n) is 19.3. The summed E-state index contributed by atoms with van der Waals surface area (Å²) in [5.41, 5.74) is -3.34. The van der Waals surface area contributed by atoms with Crippen molar-refractivity contribution >= 4 is 17.7 Å². The Hall–Kier alpha value is -2.85. The van der Waals surface area contributed by atoms with E-state index in [-0.39, 0.29) is 31.6 Å². The quantitative estimate of drug-likeness (QED) is 0.145. The largest absolute Gasteiger partial charge is 0.493 e. The first-order valence-corrected chi connectivity index (χ1v) is 19.3. The fraction of sp³-hybridized carbons (Fsp3) is 0.775. The van der Waals surface area contributed by atoms with Crippen molar-refractivity contribution in [3.63, 3.8) is 0 Å². The minimum atomic E-state index is -1.94. The van der Waals surface area contributed by atoms with Crippen LogP contribution in [0.2, 0.25) is 0 Å². The van der Waals surface area contributed by atoms with Gasteiger partial charge < -0.3 is 53.8 Å². The number of esters is 2. The number of aliphatic hydroxyl groups excluding tert-OH is 2. The summed E-state index contributed by atoms with van der Waals surface area (Å²) in [5.74, 6) is -4.10. The van der Waals surface area contributed by atoms with Crippen LogP contribution < -0.4 is 4.74 Å². The molecule has 0 aliphatic carbocycles. The van der Waals surface area contributed by atoms with Gasteiger partial charge in [-0.05, 0) is 73.2 Å². The van der Waals surface area contributed by atoms with Gasteiger partial charge in [-0.2, -0.15) is 0 Å². The first kappa shape index (κ1) is 45.5. The number of carbonyl (C=O) groups is 2. The smallest absolute Gasteiger partial charge is 0.312 e. The van der Waals surface area contributed by atoms with E-state index in [0.717, 1.165) is 5.75 Å². The molecule has 1 aromatic rings. The van der Waals surface area contributed by atoms with Gasteiger partial charge in [-0.3, -0.25) is 9.59 Å². The molecule has 2 aliphatic heterocycles. The van der Waals surface area contributed by atoms with Crippen molar-refractivity contribution in [2.75, 3.05) is 27.3 Å². The molecule has 0 radical (unpaired) electrons. The standard InChI is InChI=1S/C40H66N2O12/c1-12-31-40(9,48)35(45)25(4)32(41-50-20-16-19-49-29-17-14-13-15-18-29)23(2)22-39(8,47)36(26(5)34(52-28(7)43)27(6)37(46)53-31)54-38-33(44)30(42(10)11)21-24(3)51-38/h13-15,17-18,23-27,30-31,33-36,38,44-45,47-48H,12,16,19-22H2,1-11H3/b41-32+/t23-,24-,25-,26+,27-,30+,31+,33-,34+,35-,36-,38+,39?,40-/m1/s1. The van der Waals surface area contributed by atoms with E-state index in [4.69, 9.17) is 28.5 Å². The lowest BCUT2D eigenvalue weighted by Gasteiger charge is -2.47. The number of oxime groups is 1. The summed E-state index contributed by atoms with van der Waals surface area (Å²) in [6.07, 6.45) is -6.38. The molecule has 2 aliphatic rings. The molecule has 3 rings (SSSR count). The molecule has 0 aromatic heterocycles. The number of carbonyl (C=O) groups excluding carboxylic acids is 2. The van der Waals surface area contributed by atoms with E-state index in [0.29, 0.717) is 25.2 Å². The van der Waals surface area contributed by atoms with E-state index in [9.17, 15) is 30.0 Å². The maximum atomic E-state index is 13.8. The average Bonchev–Trinajstić information content (AvgIpc) is 3.10. The Balaban J connectivity index is 2.07. The number of cyclic esters (lactones) is 1. The molecule has 14 heteroatoms. The van der Waals surface area contributed by atoms with Crippen molar-refractivity contribution in [1.29, 1.82) is 0 Å². The summed E-state index contributed by atoms with van der Waals surface area (Å²) >= 11 is 0. The molecule has 0 spiro atoms. The summed E-state index contributed by atoms with van der Waals surface area (Å²) in [4.78, 5) is 34.0. The van der Waals surface area contributed by atoms with E-state index >= 15 is 0 Å². The van der Waals surface area contributed by atoms with Crippen molar-refractivity contribution in [1.82, 2.24) is 4.90 Å². The number of likely N-dealkylation sites (N-methyl/N-ethyl adjacent to an activating group) is 1. The first-order chi connectivity index (χ1) is 25.2. The van der Waals surface area contributed by atoms with Gasteiger partial charge in [0, 0.05) is 37.1 Å². The predicted octanol–water partition coefficient (Wildman–Crippen LogP) is 3.70. The van der Waals surface area contributed by atoms with Gasteiger partial charge in [0.2, 0.25) is 0 Å². The number of ether oxygens (including phenoxy) is 5. The van der Waals surface area contributed by atoms with Gasteiger partial charge in [0.25, 0.3) is 0 Å². The van der Waals surface area contributed by atoms with Crippen LogP contribution >= 0.6 is 0 Å². The van der Waals surface area contributed by atoms with Crippen molar-refractivity contribution in [3.8, 4) is 5.75 Å². The highest BCUT2D eigenvalue weighted by atomic mass is 16.7. The molecule has 54 heavy (non-hydrogen) atoms. The number of hydrogen-bond donors (Lipinski definition) is 4. The molecule has 2 fully saturated rings. The molecule has 308 valence electrons. The van der Waals surface area contributed by atoms with Crippen LogP contribution in [0.5, 0.6) is 5.75 Å². The zero-order valence-corrected chi connectivity index (χ0v) is 34.0. The second-order valence-electron chi connectivity index (χ2n) is 16.0. The van der Waals surface area contributed by atoms with Crippen LogP contribution in [0.25, 0.3) is 0 Å². The Morgan fingerprint density at radius 3 is 2.26 bits per heavy atom. The minimum Gasteiger partial charge on any atom is -0.493 e. The van der Waals surface area contributed by atoms with Crippen LogP contribution in [0.15, 0.2) is 35.5 Å². The highest BCUT2D eigenvalue weighted by molar-refractivity contribution is 5.88. The molecule has 2 saturated heterocycles. The Bertz CT molecular complexity index is 1360. The Morgan fingerprint density at radius 2 is 1.67 bits per heavy atom. The van der Waals surface area contributed by atoms with Crippen molar-refractivity contribution < 1.29 is 58.5 Å². The monoisotopic (exact) mass is 766 g/mol. The zero-order chi connectivity index (χ0) is 40.5. The van der Waals surface area contributed by atoms with Gasteiger partial charge in [-0.25, -0.2) is 0 Å². The molecule has 14 atom stereocenters. The van der Waals surface area contributed by atoms with Crippen molar-refractivity contribution in [3.05, 3.63) is 30.3 Å². The van der Waals surface area contributed by atoms with Gasteiger partial charge in [0.1, 0.15) is 36.3 Å². The second kappa shape index (κ2) is 19.8. The van der Waals surface area contributed by atoms with Crippen molar-refractivity contribution in [2.45, 2.75) is 148 Å². The molecule has 4 N–H and O–H groups in total. The third kappa shape index (κ3) is 11.6. The van der Waals surface area contributed by atoms with Gasteiger partial charge in [-0.15, -0.1) is 0 Å². The topological polar surface area (TPSA) is 186 Å². The molecule has 0 saturated carbocycles. The number of hydrogen-bond acceptors (Lipinski definition) is 14. The Kier molecular flexibility index (Phi) is 16.7. The van der Waals surface area contributed by atoms with Crippen LogP contribution in [0.3, 0.4) is 0 Å². The number of rotatable bonds is 11. The number of nitrogens with zero attached hydrogens (tertiary/aromatic N) is 2. The Morgan fingerprint density at radius 1 is 1.02 bits per heavy atom. The molecule has 2 heterocycles. The minimum absolute atomic E-state index is 0.0151. The highest BCUT2D eigenvalue weighted by Crippen LogP contribution is 2.39. The van der Waals surface area contributed by atoms with Gasteiger partial charge in [0.15, 0.2) is 6.29 Å². The molecule has 0 bridgehead atoms.